The van der Waals surface area contributed by atoms with Crippen LogP contribution in [0.4, 0.5) is 0 Å². The molecule has 1 heterocycles. The molecule has 0 aliphatic carbocycles. The molecule has 3 amide bonds. The van der Waals surface area contributed by atoms with E-state index >= 15 is 0 Å². The number of hydrogen-bond acceptors (Lipinski definition) is 9. The first-order valence-corrected chi connectivity index (χ1v) is 12.3. The number of rotatable bonds is 17. The second-order valence-electron chi connectivity index (χ2n) is 7.66. The van der Waals surface area contributed by atoms with E-state index in [0.29, 0.717) is 30.8 Å². The molecule has 1 aromatic rings. The number of nitrogens with zero attached hydrogens (tertiary/aromatic N) is 1. The van der Waals surface area contributed by atoms with Crippen molar-refractivity contribution in [1.29, 1.82) is 0 Å². The van der Waals surface area contributed by atoms with Crippen LogP contribution in [0.15, 0.2) is 12.5 Å². The lowest BCUT2D eigenvalue weighted by Gasteiger charge is -2.24. The van der Waals surface area contributed by atoms with Crippen LogP contribution in [0, 0.1) is 0 Å². The molecule has 0 radical (unpaired) electrons. The number of imidazole rings is 1. The second-order valence-corrected chi connectivity index (χ2v) is 8.64. The van der Waals surface area contributed by atoms with Gasteiger partial charge in [0.05, 0.1) is 19.0 Å². The van der Waals surface area contributed by atoms with Crippen LogP contribution < -0.4 is 27.4 Å². The number of thioether (sulfide) groups is 1. The molecule has 0 bridgehead atoms. The number of aromatic nitrogens is 2. The maximum atomic E-state index is 12.8. The smallest absolute Gasteiger partial charge is 0.326 e. The van der Waals surface area contributed by atoms with Crippen LogP contribution in [0.1, 0.15) is 31.4 Å². The molecule has 1 aromatic heterocycles. The monoisotopic (exact) mass is 501 g/mol. The molecule has 34 heavy (non-hydrogen) atoms. The van der Waals surface area contributed by atoms with Gasteiger partial charge in [0.25, 0.3) is 0 Å². The molecule has 0 aliphatic heterocycles. The minimum atomic E-state index is -1.39. The van der Waals surface area contributed by atoms with Crippen molar-refractivity contribution in [3.05, 3.63) is 18.2 Å². The van der Waals surface area contributed by atoms with Gasteiger partial charge in [-0.05, 0) is 44.2 Å². The van der Waals surface area contributed by atoms with Crippen molar-refractivity contribution in [3.63, 3.8) is 0 Å². The Morgan fingerprint density at radius 2 is 1.71 bits per heavy atom. The summed E-state index contributed by atoms with van der Waals surface area (Å²) in [4.78, 5) is 56.0. The van der Waals surface area contributed by atoms with Gasteiger partial charge in [-0.2, -0.15) is 11.8 Å². The van der Waals surface area contributed by atoms with Crippen molar-refractivity contribution in [2.75, 3.05) is 25.2 Å². The molecule has 0 aromatic carbocycles. The van der Waals surface area contributed by atoms with Crippen LogP contribution in [0.2, 0.25) is 0 Å². The predicted octanol–water partition coefficient (Wildman–Crippen LogP) is -2.31. The zero-order chi connectivity index (χ0) is 25.5. The molecule has 1 rings (SSSR count). The van der Waals surface area contributed by atoms with Gasteiger partial charge in [0.1, 0.15) is 18.1 Å². The zero-order valence-electron chi connectivity index (χ0n) is 19.2. The summed E-state index contributed by atoms with van der Waals surface area (Å²) in [7, 11) is 0. The SMILES string of the molecule is CSCCC(NC(=O)C(N)Cc1cnc[nH]1)C(=O)NC(CO)C(=O)NC(CCCCN)C(=O)O. The van der Waals surface area contributed by atoms with Gasteiger partial charge in [-0.1, -0.05) is 0 Å². The Morgan fingerprint density at radius 1 is 1.06 bits per heavy atom. The van der Waals surface area contributed by atoms with E-state index in [4.69, 9.17) is 11.5 Å². The Bertz CT molecular complexity index is 779. The van der Waals surface area contributed by atoms with E-state index in [9.17, 15) is 29.4 Å². The number of carbonyl (C=O) groups is 4. The van der Waals surface area contributed by atoms with Gasteiger partial charge in [-0.25, -0.2) is 9.78 Å². The number of carboxylic acids is 1. The normalized spacial score (nSPS) is 14.5. The van der Waals surface area contributed by atoms with Gasteiger partial charge in [0.2, 0.25) is 17.7 Å². The third-order valence-corrected chi connectivity index (χ3v) is 5.60. The molecule has 192 valence electrons. The lowest BCUT2D eigenvalue weighted by atomic mass is 10.1. The maximum absolute atomic E-state index is 12.8. The highest BCUT2D eigenvalue weighted by Crippen LogP contribution is 2.05. The first kappa shape index (κ1) is 29.4. The first-order chi connectivity index (χ1) is 16.2. The van der Waals surface area contributed by atoms with E-state index in [1.54, 1.807) is 0 Å². The maximum Gasteiger partial charge on any atom is 0.326 e. The fraction of sp³-hybridized carbons (Fsp3) is 0.650. The molecule has 0 aliphatic rings. The van der Waals surface area contributed by atoms with Crippen LogP contribution in [0.3, 0.4) is 0 Å². The van der Waals surface area contributed by atoms with Crippen LogP contribution in [-0.2, 0) is 25.6 Å². The lowest BCUT2D eigenvalue weighted by molar-refractivity contribution is -0.142. The molecule has 0 saturated carbocycles. The number of carbonyl (C=O) groups excluding carboxylic acids is 3. The number of carboxylic acid groups (broad SMARTS) is 1. The predicted molar refractivity (Wildman–Crippen MR) is 127 cm³/mol. The average Bonchev–Trinajstić information content (AvgIpc) is 3.31. The largest absolute Gasteiger partial charge is 0.480 e. The third-order valence-electron chi connectivity index (χ3n) is 4.95. The van der Waals surface area contributed by atoms with Gasteiger partial charge in [0, 0.05) is 18.3 Å². The fourth-order valence-electron chi connectivity index (χ4n) is 3.00. The van der Waals surface area contributed by atoms with Gasteiger partial charge in [-0.15, -0.1) is 0 Å². The molecule has 0 saturated heterocycles. The van der Waals surface area contributed by atoms with E-state index < -0.39 is 54.5 Å². The highest BCUT2D eigenvalue weighted by molar-refractivity contribution is 7.98. The highest BCUT2D eigenvalue weighted by Gasteiger charge is 2.29. The minimum Gasteiger partial charge on any atom is -0.480 e. The zero-order valence-corrected chi connectivity index (χ0v) is 20.0. The quantitative estimate of drug-likeness (QED) is 0.106. The Morgan fingerprint density at radius 3 is 2.26 bits per heavy atom. The minimum absolute atomic E-state index is 0.158. The number of amides is 3. The topological polar surface area (TPSA) is 226 Å². The second kappa shape index (κ2) is 16.0. The van der Waals surface area contributed by atoms with E-state index in [1.807, 2.05) is 6.26 Å². The number of unbranched alkanes of at least 4 members (excludes halogenated alkanes) is 1. The first-order valence-electron chi connectivity index (χ1n) is 10.9. The number of hydrogen-bond donors (Lipinski definition) is 8. The van der Waals surface area contributed by atoms with Crippen molar-refractivity contribution in [1.82, 2.24) is 25.9 Å². The van der Waals surface area contributed by atoms with E-state index in [1.165, 1.54) is 24.3 Å². The van der Waals surface area contributed by atoms with Crippen molar-refractivity contribution >= 4 is 35.5 Å². The highest BCUT2D eigenvalue weighted by atomic mass is 32.2. The number of nitrogens with two attached hydrogens (primary N) is 2. The van der Waals surface area contributed by atoms with Gasteiger partial charge >= 0.3 is 5.97 Å². The molecule has 0 fully saturated rings. The summed E-state index contributed by atoms with van der Waals surface area (Å²) in [5.41, 5.74) is 12.0. The average molecular weight is 502 g/mol. The fourth-order valence-corrected chi connectivity index (χ4v) is 3.47. The Labute approximate surface area is 202 Å². The van der Waals surface area contributed by atoms with Crippen molar-refractivity contribution in [2.24, 2.45) is 11.5 Å². The van der Waals surface area contributed by atoms with Crippen molar-refractivity contribution in [3.8, 4) is 0 Å². The Hall–Kier alpha value is -2.68. The molecular weight excluding hydrogens is 466 g/mol. The standard InChI is InChI=1S/C20H35N7O6S/c1-34-7-5-14(25-17(29)13(22)8-12-9-23-11-24-12)18(30)27-16(10-28)19(31)26-15(20(32)33)4-2-3-6-21/h9,11,13-16,28H,2-8,10,21-22H2,1H3,(H,23,24)(H,25,29)(H,26,31)(H,27,30)(H,32,33). The van der Waals surface area contributed by atoms with Crippen molar-refractivity contribution < 1.29 is 29.4 Å². The number of aliphatic carboxylic acids is 1. The van der Waals surface area contributed by atoms with E-state index in [0.717, 1.165) is 0 Å². The number of aliphatic hydroxyl groups is 1. The summed E-state index contributed by atoms with van der Waals surface area (Å²) >= 11 is 1.46. The summed E-state index contributed by atoms with van der Waals surface area (Å²) in [6, 6.07) is -4.52. The molecule has 10 N–H and O–H groups in total. The Kier molecular flexibility index (Phi) is 13.8. The van der Waals surface area contributed by atoms with Crippen molar-refractivity contribution in [2.45, 2.75) is 56.3 Å². The van der Waals surface area contributed by atoms with Gasteiger partial charge in [0.15, 0.2) is 0 Å². The summed E-state index contributed by atoms with van der Waals surface area (Å²) in [5, 5.41) is 26.2. The summed E-state index contributed by atoms with van der Waals surface area (Å²) in [5.74, 6) is -2.80. The molecule has 13 nitrogen and oxygen atoms in total. The summed E-state index contributed by atoms with van der Waals surface area (Å²) in [6.45, 7) is -0.362. The van der Waals surface area contributed by atoms with Crippen LogP contribution in [-0.4, -0.2) is 93.2 Å². The third kappa shape index (κ3) is 10.5. The van der Waals surface area contributed by atoms with Gasteiger partial charge in [-0.3, -0.25) is 14.4 Å². The summed E-state index contributed by atoms with van der Waals surface area (Å²) in [6.07, 6.45) is 6.52. The number of nitrogens with one attached hydrogen (secondary N) is 4. The lowest BCUT2D eigenvalue weighted by Crippen LogP contribution is -2.58. The molecule has 4 atom stereocenters. The number of aromatic amines is 1. The number of H-pyrrole nitrogens is 1. The molecule has 14 heteroatoms. The molecule has 0 spiro atoms. The van der Waals surface area contributed by atoms with Gasteiger partial charge < -0.3 is 42.6 Å². The molecular formula is C20H35N7O6S. The van der Waals surface area contributed by atoms with E-state index in [-0.39, 0.29) is 19.3 Å². The Balaban J connectivity index is 2.76. The van der Waals surface area contributed by atoms with Crippen LogP contribution in [0.5, 0.6) is 0 Å². The van der Waals surface area contributed by atoms with Crippen LogP contribution >= 0.6 is 11.8 Å². The number of aliphatic hydroxyl groups excluding tert-OH is 1. The van der Waals surface area contributed by atoms with Crippen LogP contribution in [0.25, 0.3) is 0 Å². The summed E-state index contributed by atoms with van der Waals surface area (Å²) < 4.78 is 0. The van der Waals surface area contributed by atoms with E-state index in [2.05, 4.69) is 25.9 Å². The molecule has 4 unspecified atom stereocenters.